The molecule has 0 saturated heterocycles. The van der Waals surface area contributed by atoms with Gasteiger partial charge in [0.05, 0.1) is 15.8 Å². The summed E-state index contributed by atoms with van der Waals surface area (Å²) < 4.78 is 0. The van der Waals surface area contributed by atoms with Gasteiger partial charge in [-0.1, -0.05) is 35.9 Å². The van der Waals surface area contributed by atoms with Crippen molar-refractivity contribution in [2.75, 3.05) is 0 Å². The summed E-state index contributed by atoms with van der Waals surface area (Å²) >= 11 is 5.84. The Morgan fingerprint density at radius 1 is 1.05 bits per heavy atom. The van der Waals surface area contributed by atoms with Crippen LogP contribution in [-0.4, -0.2) is 9.91 Å². The van der Waals surface area contributed by atoms with Crippen LogP contribution < -0.4 is 0 Å². The lowest BCUT2D eigenvalue weighted by atomic mass is 10.1. The van der Waals surface area contributed by atoms with E-state index in [1.165, 1.54) is 0 Å². The number of H-pyrrole nitrogens is 1. The van der Waals surface area contributed by atoms with Gasteiger partial charge in [0.1, 0.15) is 5.69 Å². The van der Waals surface area contributed by atoms with Gasteiger partial charge in [-0.15, -0.1) is 0 Å². The standard InChI is InChI=1S/C14H9ClN2O2/c15-10-7-5-9(6-8-10)13-14(17(18)19)11-3-1-2-4-12(11)16-13/h1-8,16H. The van der Waals surface area contributed by atoms with E-state index in [4.69, 9.17) is 11.6 Å². The maximum Gasteiger partial charge on any atom is 0.302 e. The molecule has 4 nitrogen and oxygen atoms in total. The first-order valence-electron chi connectivity index (χ1n) is 5.68. The Bertz CT molecular complexity index is 763. The molecule has 0 amide bonds. The molecule has 1 N–H and O–H groups in total. The van der Waals surface area contributed by atoms with E-state index < -0.39 is 0 Å². The molecular formula is C14H9ClN2O2. The highest BCUT2D eigenvalue weighted by Crippen LogP contribution is 2.36. The fourth-order valence-electron chi connectivity index (χ4n) is 2.14. The molecular weight excluding hydrogens is 264 g/mol. The first kappa shape index (κ1) is 11.7. The Morgan fingerprint density at radius 2 is 1.74 bits per heavy atom. The van der Waals surface area contributed by atoms with E-state index in [1.807, 2.05) is 12.1 Å². The molecule has 3 rings (SSSR count). The van der Waals surface area contributed by atoms with Gasteiger partial charge >= 0.3 is 5.69 Å². The third-order valence-corrected chi connectivity index (χ3v) is 3.25. The summed E-state index contributed by atoms with van der Waals surface area (Å²) in [4.78, 5) is 14.0. The zero-order chi connectivity index (χ0) is 13.4. The predicted molar refractivity (Wildman–Crippen MR) is 75.4 cm³/mol. The number of nitro groups is 1. The molecule has 0 fully saturated rings. The zero-order valence-corrected chi connectivity index (χ0v) is 10.5. The van der Waals surface area contributed by atoms with Crippen LogP contribution in [0.25, 0.3) is 22.2 Å². The van der Waals surface area contributed by atoms with Crippen LogP contribution >= 0.6 is 11.6 Å². The zero-order valence-electron chi connectivity index (χ0n) is 9.76. The van der Waals surface area contributed by atoms with E-state index in [1.54, 1.807) is 36.4 Å². The molecule has 0 saturated carbocycles. The molecule has 0 unspecified atom stereocenters. The van der Waals surface area contributed by atoms with Crippen molar-refractivity contribution in [3.63, 3.8) is 0 Å². The third kappa shape index (κ3) is 1.96. The van der Waals surface area contributed by atoms with Crippen LogP contribution in [0.2, 0.25) is 5.02 Å². The Labute approximate surface area is 113 Å². The average Bonchev–Trinajstić information content (AvgIpc) is 2.78. The minimum absolute atomic E-state index is 0.0953. The summed E-state index contributed by atoms with van der Waals surface area (Å²) in [5, 5.41) is 12.5. The number of rotatable bonds is 2. The molecule has 1 heterocycles. The number of hydrogen-bond acceptors (Lipinski definition) is 2. The Balaban J connectivity index is 2.31. The molecule has 0 aliphatic carbocycles. The lowest BCUT2D eigenvalue weighted by Gasteiger charge is -1.98. The Morgan fingerprint density at radius 3 is 2.42 bits per heavy atom. The number of hydrogen-bond donors (Lipinski definition) is 1. The Hall–Kier alpha value is -2.33. The highest BCUT2D eigenvalue weighted by molar-refractivity contribution is 6.30. The molecule has 0 bridgehead atoms. The number of halogens is 1. The molecule has 2 aromatic carbocycles. The van der Waals surface area contributed by atoms with Crippen LogP contribution in [-0.2, 0) is 0 Å². The fraction of sp³-hybridized carbons (Fsp3) is 0. The lowest BCUT2D eigenvalue weighted by molar-refractivity contribution is -0.382. The molecule has 0 aliphatic heterocycles. The van der Waals surface area contributed by atoms with Gasteiger partial charge in [-0.2, -0.15) is 0 Å². The first-order chi connectivity index (χ1) is 9.16. The number of nitrogens with one attached hydrogen (secondary N) is 1. The van der Waals surface area contributed by atoms with Gasteiger partial charge in [0, 0.05) is 10.6 Å². The van der Waals surface area contributed by atoms with Crippen LogP contribution in [0.4, 0.5) is 5.69 Å². The molecule has 0 radical (unpaired) electrons. The third-order valence-electron chi connectivity index (χ3n) is 2.99. The van der Waals surface area contributed by atoms with E-state index in [0.29, 0.717) is 16.1 Å². The highest BCUT2D eigenvalue weighted by atomic mass is 35.5. The van der Waals surface area contributed by atoms with Crippen molar-refractivity contribution < 1.29 is 4.92 Å². The van der Waals surface area contributed by atoms with Crippen LogP contribution in [0.5, 0.6) is 0 Å². The molecule has 1 aromatic heterocycles. The van der Waals surface area contributed by atoms with Crippen LogP contribution in [0.3, 0.4) is 0 Å². The van der Waals surface area contributed by atoms with Crippen molar-refractivity contribution >= 4 is 28.2 Å². The average molecular weight is 273 g/mol. The van der Waals surface area contributed by atoms with Crippen molar-refractivity contribution in [3.8, 4) is 11.3 Å². The number of benzene rings is 2. The number of nitrogens with zero attached hydrogens (tertiary/aromatic N) is 1. The second kappa shape index (κ2) is 4.40. The minimum atomic E-state index is -0.358. The summed E-state index contributed by atoms with van der Waals surface area (Å²) in [6.07, 6.45) is 0. The second-order valence-corrected chi connectivity index (χ2v) is 4.59. The molecule has 0 aliphatic rings. The molecule has 94 valence electrons. The quantitative estimate of drug-likeness (QED) is 0.555. The molecule has 19 heavy (non-hydrogen) atoms. The molecule has 0 spiro atoms. The molecule has 3 aromatic rings. The summed E-state index contributed by atoms with van der Waals surface area (Å²) in [6, 6.07) is 14.1. The lowest BCUT2D eigenvalue weighted by Crippen LogP contribution is -1.89. The van der Waals surface area contributed by atoms with Crippen LogP contribution in [0.15, 0.2) is 48.5 Å². The fourth-order valence-corrected chi connectivity index (χ4v) is 2.27. The predicted octanol–water partition coefficient (Wildman–Crippen LogP) is 4.40. The normalized spacial score (nSPS) is 10.8. The monoisotopic (exact) mass is 272 g/mol. The van der Waals surface area contributed by atoms with Crippen molar-refractivity contribution in [2.24, 2.45) is 0 Å². The van der Waals surface area contributed by atoms with E-state index in [2.05, 4.69) is 4.98 Å². The summed E-state index contributed by atoms with van der Waals surface area (Å²) in [6.45, 7) is 0. The maximum absolute atomic E-state index is 11.3. The van der Waals surface area contributed by atoms with Gasteiger partial charge < -0.3 is 4.98 Å². The van der Waals surface area contributed by atoms with E-state index in [0.717, 1.165) is 11.1 Å². The van der Waals surface area contributed by atoms with Crippen molar-refractivity contribution in [3.05, 3.63) is 63.7 Å². The van der Waals surface area contributed by atoms with Crippen molar-refractivity contribution in [1.29, 1.82) is 0 Å². The first-order valence-corrected chi connectivity index (χ1v) is 6.05. The number of fused-ring (bicyclic) bond motifs is 1. The topological polar surface area (TPSA) is 58.9 Å². The van der Waals surface area contributed by atoms with Gasteiger partial charge in [-0.25, -0.2) is 0 Å². The number of aromatic nitrogens is 1. The van der Waals surface area contributed by atoms with Crippen molar-refractivity contribution in [2.45, 2.75) is 0 Å². The second-order valence-electron chi connectivity index (χ2n) is 4.16. The molecule has 5 heteroatoms. The van der Waals surface area contributed by atoms with Crippen LogP contribution in [0.1, 0.15) is 0 Å². The minimum Gasteiger partial charge on any atom is -0.349 e. The van der Waals surface area contributed by atoms with Gasteiger partial charge in [0.15, 0.2) is 0 Å². The summed E-state index contributed by atoms with van der Waals surface area (Å²) in [5.74, 6) is 0. The summed E-state index contributed by atoms with van der Waals surface area (Å²) in [7, 11) is 0. The maximum atomic E-state index is 11.3. The number of aromatic amines is 1. The van der Waals surface area contributed by atoms with Gasteiger partial charge in [0.25, 0.3) is 0 Å². The van der Waals surface area contributed by atoms with Gasteiger partial charge in [0.2, 0.25) is 0 Å². The summed E-state index contributed by atoms with van der Waals surface area (Å²) in [5.41, 5.74) is 2.09. The van der Waals surface area contributed by atoms with E-state index >= 15 is 0 Å². The van der Waals surface area contributed by atoms with Crippen molar-refractivity contribution in [1.82, 2.24) is 4.98 Å². The number of para-hydroxylation sites is 1. The van der Waals surface area contributed by atoms with Gasteiger partial charge in [-0.05, 0) is 24.3 Å². The van der Waals surface area contributed by atoms with E-state index in [9.17, 15) is 10.1 Å². The largest absolute Gasteiger partial charge is 0.349 e. The Kier molecular flexibility index (Phi) is 2.72. The van der Waals surface area contributed by atoms with E-state index in [-0.39, 0.29) is 10.6 Å². The smallest absolute Gasteiger partial charge is 0.302 e. The highest BCUT2D eigenvalue weighted by Gasteiger charge is 2.22. The van der Waals surface area contributed by atoms with Gasteiger partial charge in [-0.3, -0.25) is 10.1 Å². The van der Waals surface area contributed by atoms with Crippen LogP contribution in [0, 0.1) is 10.1 Å². The SMILES string of the molecule is O=[N+]([O-])c1c(-c2ccc(Cl)cc2)[nH]c2ccccc12. The molecule has 0 atom stereocenters.